The lowest BCUT2D eigenvalue weighted by atomic mass is 9.83. The normalized spacial score (nSPS) is 16.1. The Hall–Kier alpha value is -3.12. The summed E-state index contributed by atoms with van der Waals surface area (Å²) in [6, 6.07) is 14.4. The minimum Gasteiger partial charge on any atom is -0.463 e. The lowest BCUT2D eigenvalue weighted by Crippen LogP contribution is -2.38. The van der Waals surface area contributed by atoms with E-state index in [0.29, 0.717) is 34.9 Å². The van der Waals surface area contributed by atoms with Gasteiger partial charge in [0.1, 0.15) is 0 Å². The third-order valence-electron chi connectivity index (χ3n) is 5.66. The van der Waals surface area contributed by atoms with Crippen molar-refractivity contribution in [3.8, 4) is 0 Å². The van der Waals surface area contributed by atoms with Crippen LogP contribution in [0.3, 0.4) is 0 Å². The number of carbonyl (C=O) groups is 3. The molecule has 3 rings (SSSR count). The molecule has 0 saturated heterocycles. The van der Waals surface area contributed by atoms with Crippen molar-refractivity contribution in [2.45, 2.75) is 46.1 Å². The molecule has 33 heavy (non-hydrogen) atoms. The molecule has 1 aliphatic heterocycles. The summed E-state index contributed by atoms with van der Waals surface area (Å²) < 4.78 is 5.33. The zero-order chi connectivity index (χ0) is 24.0. The molecule has 1 heterocycles. The predicted octanol–water partition coefficient (Wildman–Crippen LogP) is 4.83. The Morgan fingerprint density at radius 1 is 1.15 bits per heavy atom. The van der Waals surface area contributed by atoms with E-state index in [9.17, 15) is 14.4 Å². The average Bonchev–Trinajstić information content (AvgIpc) is 2.80. The van der Waals surface area contributed by atoms with Crippen molar-refractivity contribution in [1.82, 2.24) is 10.2 Å². The molecule has 0 spiro atoms. The molecule has 1 aliphatic rings. The van der Waals surface area contributed by atoms with Crippen molar-refractivity contribution >= 4 is 29.4 Å². The Kier molecular flexibility index (Phi) is 8.28. The molecule has 0 radical (unpaired) electrons. The number of hydrogen-bond donors (Lipinski definition) is 1. The molecule has 2 aromatic rings. The first-order valence-corrected chi connectivity index (χ1v) is 11.5. The molecule has 1 N–H and O–H groups in total. The second-order valence-electron chi connectivity index (χ2n) is 7.96. The van der Waals surface area contributed by atoms with Crippen LogP contribution in [0, 0.1) is 0 Å². The van der Waals surface area contributed by atoms with Crippen LogP contribution in [0.1, 0.15) is 61.0 Å². The number of nitrogens with one attached hydrogen (secondary N) is 1. The van der Waals surface area contributed by atoms with Gasteiger partial charge in [0.05, 0.1) is 18.7 Å². The topological polar surface area (TPSA) is 75.7 Å². The van der Waals surface area contributed by atoms with E-state index < -0.39 is 11.9 Å². The molecule has 0 fully saturated rings. The smallest absolute Gasteiger partial charge is 0.336 e. The van der Waals surface area contributed by atoms with Crippen molar-refractivity contribution in [3.05, 3.63) is 81.5 Å². The monoisotopic (exact) mass is 468 g/mol. The zero-order valence-electron chi connectivity index (χ0n) is 19.2. The van der Waals surface area contributed by atoms with Gasteiger partial charge in [-0.15, -0.1) is 0 Å². The van der Waals surface area contributed by atoms with Gasteiger partial charge in [0.25, 0.3) is 5.91 Å². The SMILES string of the molecule is CCCNC(=O)c1ccc(CN2C(=O)CC(c3cccc(Cl)c3)C(C(=O)OCC)=C2C)cc1. The van der Waals surface area contributed by atoms with Gasteiger partial charge >= 0.3 is 5.97 Å². The number of rotatable bonds is 8. The molecule has 1 unspecified atom stereocenters. The minimum atomic E-state index is -0.430. The van der Waals surface area contributed by atoms with Crippen molar-refractivity contribution in [3.63, 3.8) is 0 Å². The van der Waals surface area contributed by atoms with Crippen LogP contribution in [0.5, 0.6) is 0 Å². The molecule has 1 atom stereocenters. The number of halogens is 1. The van der Waals surface area contributed by atoms with Crippen LogP contribution in [0.15, 0.2) is 59.8 Å². The second kappa shape index (κ2) is 11.1. The number of benzene rings is 2. The van der Waals surface area contributed by atoms with E-state index >= 15 is 0 Å². The summed E-state index contributed by atoms with van der Waals surface area (Å²) in [4.78, 5) is 39.8. The van der Waals surface area contributed by atoms with Gasteiger partial charge in [-0.1, -0.05) is 42.8 Å². The van der Waals surface area contributed by atoms with Crippen LogP contribution in [-0.4, -0.2) is 35.8 Å². The highest BCUT2D eigenvalue weighted by Gasteiger charge is 2.37. The van der Waals surface area contributed by atoms with Crippen LogP contribution in [0.2, 0.25) is 5.02 Å². The summed E-state index contributed by atoms with van der Waals surface area (Å²) in [7, 11) is 0. The number of hydrogen-bond acceptors (Lipinski definition) is 4. The number of amides is 2. The molecule has 0 bridgehead atoms. The van der Waals surface area contributed by atoms with Gasteiger partial charge in [0, 0.05) is 35.2 Å². The van der Waals surface area contributed by atoms with E-state index in [1.807, 2.05) is 31.2 Å². The molecular weight excluding hydrogens is 440 g/mol. The average molecular weight is 469 g/mol. The van der Waals surface area contributed by atoms with Gasteiger partial charge in [-0.2, -0.15) is 0 Å². The van der Waals surface area contributed by atoms with Crippen LogP contribution in [0.25, 0.3) is 0 Å². The number of nitrogens with zero attached hydrogens (tertiary/aromatic N) is 1. The van der Waals surface area contributed by atoms with Gasteiger partial charge in [0.2, 0.25) is 5.91 Å². The number of ether oxygens (including phenoxy) is 1. The van der Waals surface area contributed by atoms with E-state index in [0.717, 1.165) is 17.5 Å². The van der Waals surface area contributed by atoms with E-state index in [1.165, 1.54) is 0 Å². The van der Waals surface area contributed by atoms with Gasteiger partial charge in [0.15, 0.2) is 0 Å². The summed E-state index contributed by atoms with van der Waals surface area (Å²) in [5, 5.41) is 3.39. The van der Waals surface area contributed by atoms with Gasteiger partial charge in [-0.3, -0.25) is 9.59 Å². The van der Waals surface area contributed by atoms with Crippen molar-refractivity contribution in [2.75, 3.05) is 13.2 Å². The highest BCUT2D eigenvalue weighted by Crippen LogP contribution is 2.38. The standard InChI is InChI=1S/C26H29ClN2O4/c1-4-13-28-25(31)19-11-9-18(10-12-19)16-29-17(3)24(26(32)33-5-2)22(15-23(29)30)20-7-6-8-21(27)14-20/h6-12,14,22H,4-5,13,15-16H2,1-3H3,(H,28,31). The first kappa shape index (κ1) is 24.5. The van der Waals surface area contributed by atoms with Gasteiger partial charge in [-0.05, 0) is 55.7 Å². The van der Waals surface area contributed by atoms with E-state index in [-0.39, 0.29) is 24.8 Å². The summed E-state index contributed by atoms with van der Waals surface area (Å²) in [5.41, 5.74) is 3.27. The Morgan fingerprint density at radius 2 is 1.88 bits per heavy atom. The third kappa shape index (κ3) is 5.82. The van der Waals surface area contributed by atoms with Crippen LogP contribution in [0.4, 0.5) is 0 Å². The molecule has 0 saturated carbocycles. The maximum atomic E-state index is 13.1. The molecule has 6 nitrogen and oxygen atoms in total. The quantitative estimate of drug-likeness (QED) is 0.563. The van der Waals surface area contributed by atoms with Crippen LogP contribution in [-0.2, 0) is 20.9 Å². The summed E-state index contributed by atoms with van der Waals surface area (Å²) in [5.74, 6) is -1.06. The Bertz CT molecular complexity index is 1060. The Labute approximate surface area is 199 Å². The van der Waals surface area contributed by atoms with Crippen LogP contribution < -0.4 is 5.32 Å². The lowest BCUT2D eigenvalue weighted by Gasteiger charge is -2.34. The molecule has 0 aliphatic carbocycles. The molecular formula is C26H29ClN2O4. The summed E-state index contributed by atoms with van der Waals surface area (Å²) >= 11 is 6.17. The fourth-order valence-electron chi connectivity index (χ4n) is 3.97. The highest BCUT2D eigenvalue weighted by atomic mass is 35.5. The van der Waals surface area contributed by atoms with Gasteiger partial charge < -0.3 is 15.0 Å². The largest absolute Gasteiger partial charge is 0.463 e. The molecule has 7 heteroatoms. The maximum absolute atomic E-state index is 13.1. The Morgan fingerprint density at radius 3 is 2.52 bits per heavy atom. The third-order valence-corrected chi connectivity index (χ3v) is 5.90. The first-order valence-electron chi connectivity index (χ1n) is 11.2. The first-order chi connectivity index (χ1) is 15.8. The molecule has 2 aromatic carbocycles. The second-order valence-corrected chi connectivity index (χ2v) is 8.40. The molecule has 0 aromatic heterocycles. The van der Waals surface area contributed by atoms with Crippen LogP contribution >= 0.6 is 11.6 Å². The Balaban J connectivity index is 1.90. The fourth-order valence-corrected chi connectivity index (χ4v) is 4.17. The van der Waals surface area contributed by atoms with E-state index in [1.54, 1.807) is 43.0 Å². The number of allylic oxidation sites excluding steroid dienone is 1. The predicted molar refractivity (Wildman–Crippen MR) is 128 cm³/mol. The molecule has 174 valence electrons. The summed E-state index contributed by atoms with van der Waals surface area (Å²) in [6.07, 6.45) is 1.01. The van der Waals surface area contributed by atoms with Crippen molar-refractivity contribution < 1.29 is 19.1 Å². The number of esters is 1. The highest BCUT2D eigenvalue weighted by molar-refractivity contribution is 6.30. The van der Waals surface area contributed by atoms with Crippen molar-refractivity contribution in [1.29, 1.82) is 0 Å². The maximum Gasteiger partial charge on any atom is 0.336 e. The van der Waals surface area contributed by atoms with Gasteiger partial charge in [-0.25, -0.2) is 4.79 Å². The molecule has 2 amide bonds. The fraction of sp³-hybridized carbons (Fsp3) is 0.346. The lowest BCUT2D eigenvalue weighted by molar-refractivity contribution is -0.140. The summed E-state index contributed by atoms with van der Waals surface area (Å²) in [6.45, 7) is 6.69. The van der Waals surface area contributed by atoms with E-state index in [2.05, 4.69) is 5.32 Å². The zero-order valence-corrected chi connectivity index (χ0v) is 19.9. The van der Waals surface area contributed by atoms with E-state index in [4.69, 9.17) is 16.3 Å². The minimum absolute atomic E-state index is 0.0877. The number of carbonyl (C=O) groups excluding carboxylic acids is 3. The van der Waals surface area contributed by atoms with Crippen molar-refractivity contribution in [2.24, 2.45) is 0 Å².